The van der Waals surface area contributed by atoms with Gasteiger partial charge in [-0.2, -0.15) is 13.2 Å². The second-order valence-corrected chi connectivity index (χ2v) is 6.60. The van der Waals surface area contributed by atoms with E-state index < -0.39 is 34.7 Å². The SMILES string of the molecule is Cc1cc(C(F)(F)F)c(-c2ccc(C(C)C(=O)O)c3cccnc23)c(=O)n1C. The Kier molecular flexibility index (Phi) is 4.74. The van der Waals surface area contributed by atoms with Crippen molar-refractivity contribution < 1.29 is 23.1 Å². The van der Waals surface area contributed by atoms with Gasteiger partial charge in [0.05, 0.1) is 22.6 Å². The smallest absolute Gasteiger partial charge is 0.417 e. The molecule has 0 aliphatic carbocycles. The molecule has 0 aliphatic heterocycles. The number of benzene rings is 1. The van der Waals surface area contributed by atoms with Gasteiger partial charge < -0.3 is 9.67 Å². The van der Waals surface area contributed by atoms with Crippen LogP contribution in [0.25, 0.3) is 22.0 Å². The lowest BCUT2D eigenvalue weighted by Crippen LogP contribution is -2.25. The summed E-state index contributed by atoms with van der Waals surface area (Å²) in [6.07, 6.45) is -3.34. The van der Waals surface area contributed by atoms with Crippen LogP contribution in [0.3, 0.4) is 0 Å². The molecule has 0 saturated heterocycles. The van der Waals surface area contributed by atoms with Crippen molar-refractivity contribution in [1.82, 2.24) is 9.55 Å². The largest absolute Gasteiger partial charge is 0.481 e. The molecule has 0 saturated carbocycles. The number of nitrogens with zero attached hydrogens (tertiary/aromatic N) is 2. The molecule has 1 atom stereocenters. The first-order chi connectivity index (χ1) is 13.0. The lowest BCUT2D eigenvalue weighted by atomic mass is 9.91. The van der Waals surface area contributed by atoms with Crippen molar-refractivity contribution in [3.8, 4) is 11.1 Å². The minimum absolute atomic E-state index is 0.0184. The molecule has 146 valence electrons. The van der Waals surface area contributed by atoms with Crippen LogP contribution in [0, 0.1) is 6.92 Å². The van der Waals surface area contributed by atoms with Crippen molar-refractivity contribution in [2.24, 2.45) is 7.05 Å². The molecule has 0 spiro atoms. The van der Waals surface area contributed by atoms with E-state index in [1.54, 1.807) is 12.1 Å². The van der Waals surface area contributed by atoms with E-state index in [-0.39, 0.29) is 16.8 Å². The van der Waals surface area contributed by atoms with E-state index in [2.05, 4.69) is 4.98 Å². The Morgan fingerprint density at radius 3 is 2.54 bits per heavy atom. The lowest BCUT2D eigenvalue weighted by Gasteiger charge is -2.18. The van der Waals surface area contributed by atoms with E-state index in [4.69, 9.17) is 0 Å². The monoisotopic (exact) mass is 390 g/mol. The number of carbonyl (C=O) groups is 1. The maximum absolute atomic E-state index is 13.7. The second-order valence-electron chi connectivity index (χ2n) is 6.60. The predicted molar refractivity (Wildman–Crippen MR) is 98.2 cm³/mol. The number of carboxylic acids is 1. The van der Waals surface area contributed by atoms with Crippen molar-refractivity contribution in [3.63, 3.8) is 0 Å². The van der Waals surface area contributed by atoms with E-state index >= 15 is 0 Å². The Bertz CT molecular complexity index is 1150. The molecule has 0 bridgehead atoms. The van der Waals surface area contributed by atoms with Crippen molar-refractivity contribution in [2.75, 3.05) is 0 Å². The van der Waals surface area contributed by atoms with Crippen molar-refractivity contribution in [1.29, 1.82) is 0 Å². The highest BCUT2D eigenvalue weighted by atomic mass is 19.4. The van der Waals surface area contributed by atoms with Gasteiger partial charge in [-0.05, 0) is 31.5 Å². The van der Waals surface area contributed by atoms with Crippen LogP contribution in [0.1, 0.15) is 29.7 Å². The molecule has 0 amide bonds. The summed E-state index contributed by atoms with van der Waals surface area (Å²) in [6.45, 7) is 2.91. The maximum Gasteiger partial charge on any atom is 0.417 e. The van der Waals surface area contributed by atoms with Gasteiger partial charge in [0.1, 0.15) is 0 Å². The number of fused-ring (bicyclic) bond motifs is 1. The summed E-state index contributed by atoms with van der Waals surface area (Å²) in [5, 5.41) is 9.71. The number of hydrogen-bond donors (Lipinski definition) is 1. The fourth-order valence-electron chi connectivity index (χ4n) is 3.21. The van der Waals surface area contributed by atoms with Gasteiger partial charge in [0, 0.05) is 29.9 Å². The van der Waals surface area contributed by atoms with Crippen molar-refractivity contribution in [2.45, 2.75) is 25.9 Å². The highest BCUT2D eigenvalue weighted by molar-refractivity contribution is 5.98. The second kappa shape index (κ2) is 6.78. The van der Waals surface area contributed by atoms with Gasteiger partial charge in [0.15, 0.2) is 0 Å². The molecule has 1 aromatic carbocycles. The number of aryl methyl sites for hydroxylation is 1. The molecule has 1 unspecified atom stereocenters. The molecule has 1 N–H and O–H groups in total. The van der Waals surface area contributed by atoms with Crippen LogP contribution in [-0.2, 0) is 18.0 Å². The number of alkyl halides is 3. The van der Waals surface area contributed by atoms with E-state index in [9.17, 15) is 27.9 Å². The number of pyridine rings is 2. The minimum Gasteiger partial charge on any atom is -0.481 e. The number of rotatable bonds is 3. The zero-order chi connectivity index (χ0) is 20.8. The number of halogens is 3. The third-order valence-electron chi connectivity index (χ3n) is 4.89. The molecule has 0 radical (unpaired) electrons. The number of carboxylic acid groups (broad SMARTS) is 1. The van der Waals surface area contributed by atoms with Crippen LogP contribution < -0.4 is 5.56 Å². The maximum atomic E-state index is 13.7. The molecular formula is C20H17F3N2O3. The molecule has 5 nitrogen and oxygen atoms in total. The molecular weight excluding hydrogens is 373 g/mol. The van der Waals surface area contributed by atoms with Crippen LogP contribution in [0.15, 0.2) is 41.3 Å². The highest BCUT2D eigenvalue weighted by Gasteiger charge is 2.36. The molecule has 0 fully saturated rings. The van der Waals surface area contributed by atoms with Crippen LogP contribution >= 0.6 is 0 Å². The molecule has 8 heteroatoms. The summed E-state index contributed by atoms with van der Waals surface area (Å²) in [7, 11) is 1.40. The molecule has 2 aromatic heterocycles. The fraction of sp³-hybridized carbons (Fsp3) is 0.250. The van der Waals surface area contributed by atoms with Crippen LogP contribution in [0.4, 0.5) is 13.2 Å². The Morgan fingerprint density at radius 2 is 1.93 bits per heavy atom. The van der Waals surface area contributed by atoms with E-state index in [0.717, 1.165) is 10.6 Å². The Morgan fingerprint density at radius 1 is 1.25 bits per heavy atom. The number of aromatic nitrogens is 2. The zero-order valence-corrected chi connectivity index (χ0v) is 15.3. The van der Waals surface area contributed by atoms with Gasteiger partial charge in [0.25, 0.3) is 5.56 Å². The third-order valence-corrected chi connectivity index (χ3v) is 4.89. The van der Waals surface area contributed by atoms with E-state index in [1.165, 1.54) is 39.2 Å². The summed E-state index contributed by atoms with van der Waals surface area (Å²) in [5.41, 5.74) is -1.58. The van der Waals surface area contributed by atoms with E-state index in [1.807, 2.05) is 0 Å². The number of hydrogen-bond acceptors (Lipinski definition) is 3. The molecule has 2 heterocycles. The standard InChI is InChI=1S/C20H17F3N2O3/c1-10-9-15(20(21,22)23)16(18(26)25(10)3)14-7-6-12(11(2)19(27)28)13-5-4-8-24-17(13)14/h4-9,11H,1-3H3,(H,27,28). The molecule has 3 rings (SSSR count). The predicted octanol–water partition coefficient (Wildman–Crippen LogP) is 4.12. The molecule has 0 aliphatic rings. The van der Waals surface area contributed by atoms with Crippen LogP contribution in [0.5, 0.6) is 0 Å². The molecule has 28 heavy (non-hydrogen) atoms. The summed E-state index contributed by atoms with van der Waals surface area (Å²) < 4.78 is 42.2. The summed E-state index contributed by atoms with van der Waals surface area (Å²) in [6, 6.07) is 6.87. The molecule has 3 aromatic rings. The average Bonchev–Trinajstić information content (AvgIpc) is 2.64. The Labute approximate surface area is 158 Å². The minimum atomic E-state index is -4.73. The van der Waals surface area contributed by atoms with Crippen LogP contribution in [-0.4, -0.2) is 20.6 Å². The summed E-state index contributed by atoms with van der Waals surface area (Å²) >= 11 is 0. The van der Waals surface area contributed by atoms with E-state index in [0.29, 0.717) is 10.9 Å². The van der Waals surface area contributed by atoms with Gasteiger partial charge in [-0.3, -0.25) is 14.6 Å². The fourth-order valence-corrected chi connectivity index (χ4v) is 3.21. The summed E-state index contributed by atoms with van der Waals surface area (Å²) in [4.78, 5) is 28.3. The topological polar surface area (TPSA) is 72.2 Å². The van der Waals surface area contributed by atoms with Gasteiger partial charge >= 0.3 is 12.1 Å². The van der Waals surface area contributed by atoms with Gasteiger partial charge in [-0.1, -0.05) is 18.2 Å². The zero-order valence-electron chi connectivity index (χ0n) is 15.3. The Hall–Kier alpha value is -3.16. The first kappa shape index (κ1) is 19.6. The normalized spacial score (nSPS) is 12.9. The number of aliphatic carboxylic acids is 1. The first-order valence-corrected chi connectivity index (χ1v) is 8.42. The first-order valence-electron chi connectivity index (χ1n) is 8.42. The third kappa shape index (κ3) is 3.15. The van der Waals surface area contributed by atoms with Crippen molar-refractivity contribution in [3.05, 3.63) is 63.7 Å². The lowest BCUT2D eigenvalue weighted by molar-refractivity contribution is -0.138. The highest BCUT2D eigenvalue weighted by Crippen LogP contribution is 2.39. The Balaban J connectivity index is 2.45. The van der Waals surface area contributed by atoms with Gasteiger partial charge in [0.2, 0.25) is 0 Å². The quantitative estimate of drug-likeness (QED) is 0.730. The summed E-state index contributed by atoms with van der Waals surface area (Å²) in [5.74, 6) is -1.95. The average molecular weight is 390 g/mol. The van der Waals surface area contributed by atoms with Gasteiger partial charge in [-0.25, -0.2) is 0 Å². The van der Waals surface area contributed by atoms with Gasteiger partial charge in [-0.15, -0.1) is 0 Å². The van der Waals surface area contributed by atoms with Crippen LogP contribution in [0.2, 0.25) is 0 Å². The van der Waals surface area contributed by atoms with Crippen molar-refractivity contribution >= 4 is 16.9 Å².